The molecule has 2 amide bonds. The molecule has 0 bridgehead atoms. The highest BCUT2D eigenvalue weighted by Gasteiger charge is 2.71. The molecule has 140 valence electrons. The molecule has 2 N–H and O–H groups in total. The van der Waals surface area contributed by atoms with Crippen molar-refractivity contribution in [3.8, 4) is 0 Å². The van der Waals surface area contributed by atoms with Crippen LogP contribution in [-0.2, 0) is 19.1 Å². The molecule has 0 aromatic heterocycles. The second-order valence-corrected chi connectivity index (χ2v) is 6.79. The van der Waals surface area contributed by atoms with E-state index in [1.54, 1.807) is 31.3 Å². The Bertz CT molecular complexity index is 753. The Labute approximate surface area is 151 Å². The summed E-state index contributed by atoms with van der Waals surface area (Å²) in [5, 5.41) is 1.75. The van der Waals surface area contributed by atoms with Crippen molar-refractivity contribution < 1.29 is 28.8 Å². The molecule has 0 unspecified atom stereocenters. The minimum atomic E-state index is -1.17. The number of ether oxygens (including phenoxy) is 1. The van der Waals surface area contributed by atoms with E-state index in [0.29, 0.717) is 12.0 Å². The van der Waals surface area contributed by atoms with Crippen molar-refractivity contribution in [1.82, 2.24) is 4.90 Å². The fourth-order valence-corrected chi connectivity index (χ4v) is 4.45. The third kappa shape index (κ3) is 2.53. The van der Waals surface area contributed by atoms with Crippen molar-refractivity contribution >= 4 is 17.8 Å². The number of halogens is 1. The zero-order valence-electron chi connectivity index (χ0n) is 15.2. The number of hydrogen-bond donors (Lipinski definition) is 1. The predicted molar refractivity (Wildman–Crippen MR) is 90.1 cm³/mol. The van der Waals surface area contributed by atoms with Gasteiger partial charge in [0.1, 0.15) is 23.7 Å². The predicted octanol–water partition coefficient (Wildman–Crippen LogP) is 0.777. The molecule has 7 heteroatoms. The van der Waals surface area contributed by atoms with Crippen LogP contribution < -0.4 is 5.32 Å². The molecule has 0 saturated carbocycles. The van der Waals surface area contributed by atoms with Gasteiger partial charge in [0.05, 0.1) is 6.61 Å². The molecular weight excluding hydrogens is 339 g/mol. The lowest BCUT2D eigenvalue weighted by atomic mass is 9.78. The van der Waals surface area contributed by atoms with Crippen molar-refractivity contribution in [3.63, 3.8) is 0 Å². The Morgan fingerprint density at radius 3 is 2.58 bits per heavy atom. The van der Waals surface area contributed by atoms with E-state index in [-0.39, 0.29) is 25.0 Å². The van der Waals surface area contributed by atoms with E-state index in [1.807, 2.05) is 6.92 Å². The lowest BCUT2D eigenvalue weighted by Crippen LogP contribution is -2.98. The number of carbonyl (C=O) groups excluding carboxylic acids is 3. The molecule has 0 aliphatic carbocycles. The number of nitrogens with two attached hydrogens (primary N) is 1. The van der Waals surface area contributed by atoms with Crippen LogP contribution in [0.25, 0.3) is 0 Å². The maximum atomic E-state index is 13.8. The summed E-state index contributed by atoms with van der Waals surface area (Å²) >= 11 is 0. The number of benzene rings is 1. The highest BCUT2D eigenvalue weighted by molar-refractivity contribution is 6.08. The van der Waals surface area contributed by atoms with Gasteiger partial charge in [0.25, 0.3) is 0 Å². The Morgan fingerprint density at radius 2 is 2.00 bits per heavy atom. The zero-order valence-corrected chi connectivity index (χ0v) is 15.2. The summed E-state index contributed by atoms with van der Waals surface area (Å²) in [5.74, 6) is -3.04. The third-order valence-electron chi connectivity index (χ3n) is 5.65. The van der Waals surface area contributed by atoms with Crippen LogP contribution in [0.15, 0.2) is 24.3 Å². The van der Waals surface area contributed by atoms with Crippen LogP contribution in [0, 0.1) is 17.7 Å². The zero-order chi connectivity index (χ0) is 19.1. The molecule has 2 saturated heterocycles. The topological polar surface area (TPSA) is 80.3 Å². The molecule has 0 spiro atoms. The third-order valence-corrected chi connectivity index (χ3v) is 5.65. The second kappa shape index (κ2) is 6.79. The summed E-state index contributed by atoms with van der Waals surface area (Å²) in [6.07, 6.45) is 0.343. The standard InChI is InChI=1S/C19H23FN2O4/c1-4-19(18(25)26-6-3)14-13(16(23)22(5-2)17(14)24)15(21-19)11-8-7-9-12(20)10-11/h7-10,13-15,21H,4-6H2,1-3H3/p+1/t13-,14-,15-,19+/m0/s1. The molecule has 2 aliphatic heterocycles. The van der Waals surface area contributed by atoms with Crippen LogP contribution in [0.5, 0.6) is 0 Å². The van der Waals surface area contributed by atoms with Gasteiger partial charge in [-0.1, -0.05) is 19.1 Å². The minimum Gasteiger partial charge on any atom is -0.461 e. The van der Waals surface area contributed by atoms with E-state index in [2.05, 4.69) is 0 Å². The van der Waals surface area contributed by atoms with E-state index >= 15 is 0 Å². The fraction of sp³-hybridized carbons (Fsp3) is 0.526. The first kappa shape index (κ1) is 18.5. The first-order chi connectivity index (χ1) is 12.4. The van der Waals surface area contributed by atoms with E-state index in [1.165, 1.54) is 17.0 Å². The fourth-order valence-electron chi connectivity index (χ4n) is 4.45. The molecule has 4 atom stereocenters. The molecule has 2 heterocycles. The number of hydrogen-bond acceptors (Lipinski definition) is 4. The summed E-state index contributed by atoms with van der Waals surface area (Å²) in [6.45, 7) is 5.69. The van der Waals surface area contributed by atoms with Crippen LogP contribution in [-0.4, -0.2) is 41.4 Å². The Hall–Kier alpha value is -2.28. The monoisotopic (exact) mass is 363 g/mol. The van der Waals surface area contributed by atoms with Gasteiger partial charge in [0, 0.05) is 18.5 Å². The summed E-state index contributed by atoms with van der Waals surface area (Å²) in [7, 11) is 0. The van der Waals surface area contributed by atoms with Crippen LogP contribution in [0.4, 0.5) is 4.39 Å². The van der Waals surface area contributed by atoms with Crippen molar-refractivity contribution in [2.45, 2.75) is 38.8 Å². The maximum Gasteiger partial charge on any atom is 0.368 e. The smallest absolute Gasteiger partial charge is 0.368 e. The van der Waals surface area contributed by atoms with Gasteiger partial charge in [-0.15, -0.1) is 0 Å². The molecule has 3 rings (SSSR count). The van der Waals surface area contributed by atoms with Gasteiger partial charge >= 0.3 is 5.97 Å². The molecule has 2 aliphatic rings. The molecule has 1 aromatic rings. The van der Waals surface area contributed by atoms with Gasteiger partial charge in [-0.05, 0) is 26.0 Å². The first-order valence-electron chi connectivity index (χ1n) is 9.05. The molecule has 6 nitrogen and oxygen atoms in total. The van der Waals surface area contributed by atoms with Gasteiger partial charge in [-0.2, -0.15) is 0 Å². The summed E-state index contributed by atoms with van der Waals surface area (Å²) in [5.41, 5.74) is -0.576. The first-order valence-corrected chi connectivity index (χ1v) is 9.05. The highest BCUT2D eigenvalue weighted by Crippen LogP contribution is 2.45. The van der Waals surface area contributed by atoms with E-state index < -0.39 is 35.2 Å². The lowest BCUT2D eigenvalue weighted by molar-refractivity contribution is -0.734. The van der Waals surface area contributed by atoms with Crippen molar-refractivity contribution in [1.29, 1.82) is 0 Å². The van der Waals surface area contributed by atoms with E-state index in [9.17, 15) is 18.8 Å². The van der Waals surface area contributed by atoms with E-state index in [4.69, 9.17) is 4.74 Å². The molecule has 0 radical (unpaired) electrons. The summed E-state index contributed by atoms with van der Waals surface area (Å²) in [6, 6.07) is 5.48. The summed E-state index contributed by atoms with van der Waals surface area (Å²) in [4.78, 5) is 39.9. The van der Waals surface area contributed by atoms with Crippen LogP contribution in [0.3, 0.4) is 0 Å². The SMILES string of the molecule is CCOC(=O)[C@]1(CC)[NH2+][C@@H](c2cccc(F)c2)[C@H]2C(=O)N(CC)C(=O)[C@H]21. The van der Waals surface area contributed by atoms with Gasteiger partial charge in [-0.3, -0.25) is 14.5 Å². The van der Waals surface area contributed by atoms with Crippen molar-refractivity contribution in [3.05, 3.63) is 35.6 Å². The van der Waals surface area contributed by atoms with Crippen LogP contribution in [0.1, 0.15) is 38.8 Å². The average molecular weight is 363 g/mol. The number of carbonyl (C=O) groups is 3. The quantitative estimate of drug-likeness (QED) is 0.619. The number of rotatable bonds is 5. The lowest BCUT2D eigenvalue weighted by Gasteiger charge is -2.28. The number of esters is 1. The number of fused-ring (bicyclic) bond motifs is 1. The average Bonchev–Trinajstić information content (AvgIpc) is 3.10. The number of likely N-dealkylation sites (tertiary alicyclic amines) is 1. The van der Waals surface area contributed by atoms with Gasteiger partial charge in [0.2, 0.25) is 17.4 Å². The van der Waals surface area contributed by atoms with Crippen LogP contribution >= 0.6 is 0 Å². The van der Waals surface area contributed by atoms with Crippen molar-refractivity contribution in [2.75, 3.05) is 13.2 Å². The van der Waals surface area contributed by atoms with Gasteiger partial charge in [-0.25, -0.2) is 9.18 Å². The van der Waals surface area contributed by atoms with Crippen LogP contribution in [0.2, 0.25) is 0 Å². The molecule has 2 fully saturated rings. The maximum absolute atomic E-state index is 13.8. The largest absolute Gasteiger partial charge is 0.461 e. The number of amides is 2. The number of imide groups is 1. The Balaban J connectivity index is 2.13. The van der Waals surface area contributed by atoms with Crippen molar-refractivity contribution in [2.24, 2.45) is 11.8 Å². The molecule has 1 aromatic carbocycles. The second-order valence-electron chi connectivity index (χ2n) is 6.79. The number of quaternary nitrogens is 1. The Kier molecular flexibility index (Phi) is 4.84. The highest BCUT2D eigenvalue weighted by atomic mass is 19.1. The van der Waals surface area contributed by atoms with Gasteiger partial charge in [0.15, 0.2) is 0 Å². The Morgan fingerprint density at radius 1 is 1.27 bits per heavy atom. The summed E-state index contributed by atoms with van der Waals surface area (Å²) < 4.78 is 19.0. The molecule has 26 heavy (non-hydrogen) atoms. The normalized spacial score (nSPS) is 30.6. The number of nitrogens with zero attached hydrogens (tertiary/aromatic N) is 1. The van der Waals surface area contributed by atoms with Gasteiger partial charge < -0.3 is 10.1 Å². The minimum absolute atomic E-state index is 0.191. The molecular formula is C19H24FN2O4+. The van der Waals surface area contributed by atoms with E-state index in [0.717, 1.165) is 0 Å².